The number of carbonyl (C=O) groups is 2. The highest BCUT2D eigenvalue weighted by Gasteiger charge is 2.38. The highest BCUT2D eigenvalue weighted by Crippen LogP contribution is 2.35. The molecule has 1 aromatic carbocycles. The summed E-state index contributed by atoms with van der Waals surface area (Å²) >= 11 is 0. The number of amides is 2. The molecule has 2 amide bonds. The zero-order valence-corrected chi connectivity index (χ0v) is 14.7. The van der Waals surface area contributed by atoms with Gasteiger partial charge >= 0.3 is 6.09 Å². The molecule has 25 heavy (non-hydrogen) atoms. The van der Waals surface area contributed by atoms with Crippen LogP contribution in [-0.4, -0.2) is 36.1 Å². The summed E-state index contributed by atoms with van der Waals surface area (Å²) in [5.41, 5.74) is 7.92. The molecule has 0 spiro atoms. The quantitative estimate of drug-likeness (QED) is 0.859. The van der Waals surface area contributed by atoms with Gasteiger partial charge in [-0.05, 0) is 37.3 Å². The lowest BCUT2D eigenvalue weighted by molar-refractivity contribution is -0.136. The lowest BCUT2D eigenvalue weighted by Crippen LogP contribution is -2.52. The minimum atomic E-state index is -0.512. The van der Waals surface area contributed by atoms with Crippen molar-refractivity contribution in [2.75, 3.05) is 12.4 Å². The third-order valence-electron chi connectivity index (χ3n) is 5.17. The van der Waals surface area contributed by atoms with Gasteiger partial charge in [0.05, 0.1) is 7.11 Å². The number of hydrogen-bond acceptors (Lipinski definition) is 4. The van der Waals surface area contributed by atoms with E-state index in [9.17, 15) is 9.59 Å². The van der Waals surface area contributed by atoms with Gasteiger partial charge in [0, 0.05) is 30.2 Å². The molecule has 0 aromatic heterocycles. The van der Waals surface area contributed by atoms with Crippen molar-refractivity contribution in [1.29, 1.82) is 0 Å². The third kappa shape index (κ3) is 4.31. The molecule has 2 unspecified atom stereocenters. The molecule has 2 atom stereocenters. The first-order valence-corrected chi connectivity index (χ1v) is 9.09. The van der Waals surface area contributed by atoms with E-state index in [2.05, 4.69) is 5.32 Å². The fourth-order valence-corrected chi connectivity index (χ4v) is 3.57. The van der Waals surface area contributed by atoms with Crippen molar-refractivity contribution in [3.63, 3.8) is 0 Å². The second-order valence-corrected chi connectivity index (χ2v) is 7.03. The van der Waals surface area contributed by atoms with Gasteiger partial charge in [-0.1, -0.05) is 31.0 Å². The molecule has 3 N–H and O–H groups in total. The number of benzene rings is 1. The van der Waals surface area contributed by atoms with Crippen LogP contribution in [0.5, 0.6) is 0 Å². The van der Waals surface area contributed by atoms with Gasteiger partial charge in [0.2, 0.25) is 5.91 Å². The number of ether oxygens (including phenoxy) is 1. The van der Waals surface area contributed by atoms with Crippen LogP contribution in [0.4, 0.5) is 10.5 Å². The molecule has 0 radical (unpaired) electrons. The number of nitrogens with one attached hydrogen (secondary N) is 1. The maximum Gasteiger partial charge on any atom is 0.411 e. The molecule has 2 aliphatic rings. The van der Waals surface area contributed by atoms with Crippen LogP contribution in [0, 0.1) is 5.92 Å². The molecule has 2 aliphatic carbocycles. The monoisotopic (exact) mass is 345 g/mol. The van der Waals surface area contributed by atoms with E-state index in [4.69, 9.17) is 10.5 Å². The van der Waals surface area contributed by atoms with Crippen LogP contribution in [0.15, 0.2) is 24.3 Å². The Balaban J connectivity index is 1.82. The number of hydrogen-bond donors (Lipinski definition) is 2. The van der Waals surface area contributed by atoms with Gasteiger partial charge in [-0.3, -0.25) is 10.1 Å². The SMILES string of the molecule is COC(=O)Nc1ccccc1CN(C(=O)C1CC1)C1CCCCC1N. The Morgan fingerprint density at radius 1 is 1.20 bits per heavy atom. The molecule has 0 bridgehead atoms. The van der Waals surface area contributed by atoms with Gasteiger partial charge in [0.15, 0.2) is 0 Å². The molecule has 136 valence electrons. The largest absolute Gasteiger partial charge is 0.453 e. The first kappa shape index (κ1) is 17.7. The molecule has 0 saturated heterocycles. The third-order valence-corrected chi connectivity index (χ3v) is 5.17. The lowest BCUT2D eigenvalue weighted by Gasteiger charge is -2.39. The maximum atomic E-state index is 12.9. The molecule has 2 saturated carbocycles. The number of methoxy groups -OCH3 is 1. The minimum Gasteiger partial charge on any atom is -0.453 e. The van der Waals surface area contributed by atoms with Crippen molar-refractivity contribution in [1.82, 2.24) is 4.90 Å². The van der Waals surface area contributed by atoms with Crippen molar-refractivity contribution < 1.29 is 14.3 Å². The van der Waals surface area contributed by atoms with Crippen molar-refractivity contribution in [2.45, 2.75) is 57.2 Å². The van der Waals surface area contributed by atoms with Crippen LogP contribution in [-0.2, 0) is 16.1 Å². The molecule has 2 fully saturated rings. The summed E-state index contributed by atoms with van der Waals surface area (Å²) < 4.78 is 4.69. The van der Waals surface area contributed by atoms with Gasteiger partial charge in [-0.25, -0.2) is 4.79 Å². The topological polar surface area (TPSA) is 84.7 Å². The molecule has 1 aromatic rings. The van der Waals surface area contributed by atoms with E-state index in [0.29, 0.717) is 12.2 Å². The van der Waals surface area contributed by atoms with Crippen LogP contribution in [0.25, 0.3) is 0 Å². The summed E-state index contributed by atoms with van der Waals surface area (Å²) in [5.74, 6) is 0.352. The Labute approximate surface area is 148 Å². The van der Waals surface area contributed by atoms with Gasteiger partial charge in [0.25, 0.3) is 0 Å². The molecule has 6 heteroatoms. The Morgan fingerprint density at radius 3 is 2.60 bits per heavy atom. The first-order chi connectivity index (χ1) is 12.1. The van der Waals surface area contributed by atoms with Crippen LogP contribution < -0.4 is 11.1 Å². The van der Waals surface area contributed by atoms with E-state index in [-0.39, 0.29) is 23.9 Å². The summed E-state index contributed by atoms with van der Waals surface area (Å²) in [6.45, 7) is 0.466. The fraction of sp³-hybridized carbons (Fsp3) is 0.579. The summed E-state index contributed by atoms with van der Waals surface area (Å²) in [4.78, 5) is 26.5. The number of rotatable bonds is 5. The predicted molar refractivity (Wildman–Crippen MR) is 96.0 cm³/mol. The van der Waals surface area contributed by atoms with Crippen LogP contribution >= 0.6 is 0 Å². The summed E-state index contributed by atoms with van der Waals surface area (Å²) in [7, 11) is 1.34. The standard InChI is InChI=1S/C19H27N3O3/c1-25-19(24)21-16-8-4-2-6-14(16)12-22(18(23)13-10-11-13)17-9-5-3-7-15(17)20/h2,4,6,8,13,15,17H,3,5,7,9-12,20H2,1H3,(H,21,24). The number of carbonyl (C=O) groups excluding carboxylic acids is 2. The Morgan fingerprint density at radius 2 is 1.92 bits per heavy atom. The second-order valence-electron chi connectivity index (χ2n) is 7.03. The van der Waals surface area contributed by atoms with Crippen molar-refractivity contribution in [2.24, 2.45) is 11.7 Å². The van der Waals surface area contributed by atoms with Crippen molar-refractivity contribution in [3.8, 4) is 0 Å². The Bertz CT molecular complexity index is 630. The molecule has 0 heterocycles. The van der Waals surface area contributed by atoms with Gasteiger partial charge in [-0.15, -0.1) is 0 Å². The molecule has 3 rings (SSSR count). The van der Waals surface area contributed by atoms with E-state index in [1.54, 1.807) is 0 Å². The van der Waals surface area contributed by atoms with Crippen LogP contribution in [0.1, 0.15) is 44.1 Å². The van der Waals surface area contributed by atoms with Crippen LogP contribution in [0.2, 0.25) is 0 Å². The second kappa shape index (κ2) is 7.87. The van der Waals surface area contributed by atoms with E-state index < -0.39 is 6.09 Å². The Kier molecular flexibility index (Phi) is 5.58. The average Bonchev–Trinajstić information content (AvgIpc) is 3.46. The van der Waals surface area contributed by atoms with E-state index in [1.807, 2.05) is 29.2 Å². The molecule has 0 aliphatic heterocycles. The highest BCUT2D eigenvalue weighted by atomic mass is 16.5. The first-order valence-electron chi connectivity index (χ1n) is 9.09. The van der Waals surface area contributed by atoms with Crippen molar-refractivity contribution >= 4 is 17.7 Å². The summed E-state index contributed by atoms with van der Waals surface area (Å²) in [5, 5.41) is 2.73. The minimum absolute atomic E-state index is 0.0252. The number of anilines is 1. The molecular weight excluding hydrogens is 318 g/mol. The van der Waals surface area contributed by atoms with Gasteiger partial charge < -0.3 is 15.4 Å². The predicted octanol–water partition coefficient (Wildman–Crippen LogP) is 2.87. The average molecular weight is 345 g/mol. The normalized spacial score (nSPS) is 23.0. The molecular formula is C19H27N3O3. The molecule has 6 nitrogen and oxygen atoms in total. The zero-order chi connectivity index (χ0) is 17.8. The smallest absolute Gasteiger partial charge is 0.411 e. The number of para-hydroxylation sites is 1. The van der Waals surface area contributed by atoms with E-state index >= 15 is 0 Å². The van der Waals surface area contributed by atoms with E-state index in [0.717, 1.165) is 44.1 Å². The van der Waals surface area contributed by atoms with Gasteiger partial charge in [-0.2, -0.15) is 0 Å². The number of nitrogens with zero attached hydrogens (tertiary/aromatic N) is 1. The lowest BCUT2D eigenvalue weighted by atomic mass is 9.89. The number of nitrogens with two attached hydrogens (primary N) is 1. The van der Waals surface area contributed by atoms with Crippen molar-refractivity contribution in [3.05, 3.63) is 29.8 Å². The van der Waals surface area contributed by atoms with E-state index in [1.165, 1.54) is 7.11 Å². The Hall–Kier alpha value is -2.08. The summed E-state index contributed by atoms with van der Waals surface area (Å²) in [6, 6.07) is 7.64. The van der Waals surface area contributed by atoms with Crippen LogP contribution in [0.3, 0.4) is 0 Å². The summed E-state index contributed by atoms with van der Waals surface area (Å²) in [6.07, 6.45) is 5.58. The fourth-order valence-electron chi connectivity index (χ4n) is 3.57. The zero-order valence-electron chi connectivity index (χ0n) is 14.7. The van der Waals surface area contributed by atoms with Gasteiger partial charge in [0.1, 0.15) is 0 Å². The highest BCUT2D eigenvalue weighted by molar-refractivity contribution is 5.86. The maximum absolute atomic E-state index is 12.9.